The fourth-order valence-electron chi connectivity index (χ4n) is 6.08. The van der Waals surface area contributed by atoms with Crippen molar-refractivity contribution in [1.29, 1.82) is 0 Å². The van der Waals surface area contributed by atoms with Gasteiger partial charge >= 0.3 is 17.2 Å². The van der Waals surface area contributed by atoms with Gasteiger partial charge in [-0.2, -0.15) is 8.78 Å². The minimum atomic E-state index is -4.05. The zero-order valence-corrected chi connectivity index (χ0v) is 16.6. The fraction of sp³-hybridized carbons (Fsp3) is 0.700. The smallest absolute Gasteiger partial charge is 0.412 e. The van der Waals surface area contributed by atoms with E-state index in [9.17, 15) is 23.6 Å². The van der Waals surface area contributed by atoms with E-state index in [1.807, 2.05) is 24.3 Å². The topological polar surface area (TPSA) is 84.9 Å². The highest BCUT2D eigenvalue weighted by atomic mass is 32.2. The SMILES string of the molecule is O=C(OC12CC3CC(CC(COC(=O)C(F)(F)SO[O-])(C3)C1)C2)C1C=CC=CC1. The van der Waals surface area contributed by atoms with Crippen LogP contribution in [0.1, 0.15) is 44.9 Å². The van der Waals surface area contributed by atoms with Crippen molar-refractivity contribution in [2.45, 2.75) is 55.8 Å². The summed E-state index contributed by atoms with van der Waals surface area (Å²) in [6.45, 7) is -0.167. The summed E-state index contributed by atoms with van der Waals surface area (Å²) in [4.78, 5) is 24.4. The minimum Gasteiger partial charge on any atom is -0.710 e. The fourth-order valence-corrected chi connectivity index (χ4v) is 6.29. The first-order valence-corrected chi connectivity index (χ1v) is 10.6. The van der Waals surface area contributed by atoms with E-state index in [0.717, 1.165) is 32.1 Å². The molecule has 0 amide bonds. The summed E-state index contributed by atoms with van der Waals surface area (Å²) in [5, 5.41) is 5.92. The maximum Gasteiger partial charge on any atom is 0.412 e. The second-order valence-corrected chi connectivity index (χ2v) is 9.78. The summed E-state index contributed by atoms with van der Waals surface area (Å²) in [6, 6.07) is 0. The van der Waals surface area contributed by atoms with Crippen LogP contribution in [0.3, 0.4) is 0 Å². The summed E-state index contributed by atoms with van der Waals surface area (Å²) in [5.41, 5.74) is -1.08. The molecular weight excluding hydrogens is 406 g/mol. The highest BCUT2D eigenvalue weighted by Gasteiger charge is 2.60. The molecule has 9 heteroatoms. The molecule has 4 fully saturated rings. The van der Waals surface area contributed by atoms with Crippen molar-refractivity contribution in [2.75, 3.05) is 6.61 Å². The number of alkyl halides is 2. The normalized spacial score (nSPS) is 37.6. The predicted octanol–water partition coefficient (Wildman–Crippen LogP) is 3.08. The Kier molecular flexibility index (Phi) is 5.50. The van der Waals surface area contributed by atoms with Crippen molar-refractivity contribution in [1.82, 2.24) is 0 Å². The van der Waals surface area contributed by atoms with Crippen LogP contribution in [0.2, 0.25) is 0 Å². The lowest BCUT2D eigenvalue weighted by molar-refractivity contribution is -0.630. The van der Waals surface area contributed by atoms with E-state index < -0.39 is 34.3 Å². The third-order valence-corrected chi connectivity index (χ3v) is 7.06. The first-order chi connectivity index (χ1) is 13.7. The molecule has 5 aliphatic carbocycles. The van der Waals surface area contributed by atoms with Gasteiger partial charge in [0.1, 0.15) is 5.60 Å². The Labute approximate surface area is 171 Å². The van der Waals surface area contributed by atoms with Gasteiger partial charge in [-0.25, -0.2) is 4.79 Å². The summed E-state index contributed by atoms with van der Waals surface area (Å²) in [7, 11) is 0. The Morgan fingerprint density at radius 2 is 1.90 bits per heavy atom. The number of hydrogen-bond acceptors (Lipinski definition) is 7. The number of carbonyl (C=O) groups excluding carboxylic acids is 2. The van der Waals surface area contributed by atoms with Crippen molar-refractivity contribution >= 4 is 24.0 Å². The Morgan fingerprint density at radius 3 is 2.52 bits per heavy atom. The molecule has 5 aliphatic rings. The summed E-state index contributed by atoms with van der Waals surface area (Å²) >= 11 is -0.763. The molecule has 3 atom stereocenters. The maximum absolute atomic E-state index is 13.5. The molecule has 0 heterocycles. The average Bonchev–Trinajstić information content (AvgIpc) is 2.65. The van der Waals surface area contributed by atoms with Crippen LogP contribution in [0.15, 0.2) is 24.3 Å². The van der Waals surface area contributed by atoms with Gasteiger partial charge in [0.25, 0.3) is 0 Å². The molecule has 6 nitrogen and oxygen atoms in total. The Balaban J connectivity index is 1.44. The molecule has 4 saturated carbocycles. The van der Waals surface area contributed by atoms with Crippen molar-refractivity contribution in [3.63, 3.8) is 0 Å². The number of hydrogen-bond donors (Lipinski definition) is 0. The number of rotatable bonds is 7. The Morgan fingerprint density at radius 1 is 1.17 bits per heavy atom. The van der Waals surface area contributed by atoms with E-state index >= 15 is 0 Å². The maximum atomic E-state index is 13.5. The van der Waals surface area contributed by atoms with E-state index in [4.69, 9.17) is 9.47 Å². The molecule has 0 radical (unpaired) electrons. The molecule has 0 saturated heterocycles. The van der Waals surface area contributed by atoms with Crippen LogP contribution in [-0.2, 0) is 23.4 Å². The average molecular weight is 429 g/mol. The van der Waals surface area contributed by atoms with Crippen molar-refractivity contribution in [3.8, 4) is 0 Å². The zero-order valence-electron chi connectivity index (χ0n) is 15.8. The van der Waals surface area contributed by atoms with Crippen LogP contribution >= 0.6 is 12.0 Å². The molecule has 0 aliphatic heterocycles. The van der Waals surface area contributed by atoms with Crippen LogP contribution in [0, 0.1) is 23.2 Å². The molecule has 5 rings (SSSR count). The molecular formula is C20H23F2O6S-. The minimum absolute atomic E-state index is 0.167. The van der Waals surface area contributed by atoms with Crippen molar-refractivity contribution < 1.29 is 37.4 Å². The highest BCUT2D eigenvalue weighted by Crippen LogP contribution is 2.63. The van der Waals surface area contributed by atoms with Gasteiger partial charge in [-0.05, 0) is 56.8 Å². The van der Waals surface area contributed by atoms with Crippen LogP contribution in [0.25, 0.3) is 0 Å². The number of halogens is 2. The summed E-state index contributed by atoms with van der Waals surface area (Å²) < 4.78 is 41.1. The molecule has 0 aromatic carbocycles. The zero-order chi connectivity index (χ0) is 20.7. The first-order valence-electron chi connectivity index (χ1n) is 9.84. The lowest BCUT2D eigenvalue weighted by Crippen LogP contribution is -2.59. The molecule has 160 valence electrons. The van der Waals surface area contributed by atoms with Crippen molar-refractivity contribution in [3.05, 3.63) is 24.3 Å². The molecule has 4 bridgehead atoms. The summed E-state index contributed by atoms with van der Waals surface area (Å²) in [6.07, 6.45) is 12.7. The van der Waals surface area contributed by atoms with Gasteiger partial charge in [0.05, 0.1) is 24.6 Å². The van der Waals surface area contributed by atoms with Gasteiger partial charge in [-0.15, -0.1) is 0 Å². The second kappa shape index (κ2) is 7.67. The predicted molar refractivity (Wildman–Crippen MR) is 96.9 cm³/mol. The van der Waals surface area contributed by atoms with Crippen LogP contribution in [0.5, 0.6) is 0 Å². The number of ether oxygens (including phenoxy) is 2. The van der Waals surface area contributed by atoms with Gasteiger partial charge in [-0.1, -0.05) is 24.3 Å². The molecule has 0 spiro atoms. The van der Waals surface area contributed by atoms with E-state index in [1.165, 1.54) is 0 Å². The van der Waals surface area contributed by atoms with E-state index in [0.29, 0.717) is 24.7 Å². The summed E-state index contributed by atoms with van der Waals surface area (Å²) in [5.74, 6) is -1.69. The van der Waals surface area contributed by atoms with Crippen LogP contribution < -0.4 is 5.26 Å². The monoisotopic (exact) mass is 429 g/mol. The molecule has 29 heavy (non-hydrogen) atoms. The molecule has 3 unspecified atom stereocenters. The van der Waals surface area contributed by atoms with Gasteiger partial charge < -0.3 is 19.1 Å². The third kappa shape index (κ3) is 4.22. The van der Waals surface area contributed by atoms with Crippen molar-refractivity contribution in [2.24, 2.45) is 23.2 Å². The van der Waals surface area contributed by atoms with Gasteiger partial charge in [0.2, 0.25) is 0 Å². The number of carbonyl (C=O) groups is 2. The highest BCUT2D eigenvalue weighted by molar-refractivity contribution is 7.96. The first kappa shape index (κ1) is 20.8. The largest absolute Gasteiger partial charge is 0.710 e. The van der Waals surface area contributed by atoms with E-state index in [1.54, 1.807) is 0 Å². The Bertz CT molecular complexity index is 722. The lowest BCUT2D eigenvalue weighted by Gasteiger charge is -2.61. The second-order valence-electron chi connectivity index (χ2n) is 8.96. The number of allylic oxidation sites excluding steroid dienone is 3. The lowest BCUT2D eigenvalue weighted by atomic mass is 9.48. The van der Waals surface area contributed by atoms with Gasteiger partial charge in [0, 0.05) is 5.41 Å². The van der Waals surface area contributed by atoms with E-state index in [2.05, 4.69) is 4.33 Å². The quantitative estimate of drug-likeness (QED) is 0.266. The van der Waals surface area contributed by atoms with E-state index in [-0.39, 0.29) is 18.5 Å². The standard InChI is InChI=1S/C20H24F2O6S/c21-20(22,29-28-25)17(24)26-12-18-7-13-6-14(8-18)10-19(9-13,11-18)27-16(23)15-4-2-1-3-5-15/h1-4,13-15,25H,5-12H2/p-1. The third-order valence-electron chi connectivity index (χ3n) is 6.61. The van der Waals surface area contributed by atoms with Crippen LogP contribution in [-0.4, -0.2) is 29.4 Å². The van der Waals surface area contributed by atoms with Crippen LogP contribution in [0.4, 0.5) is 8.78 Å². The molecule has 0 N–H and O–H groups in total. The van der Waals surface area contributed by atoms with Gasteiger partial charge in [-0.3, -0.25) is 4.79 Å². The van der Waals surface area contributed by atoms with Gasteiger partial charge in [0.15, 0.2) is 0 Å². The molecule has 0 aromatic rings. The number of esters is 2. The Hall–Kier alpha value is -1.45. The molecule has 0 aromatic heterocycles.